The Morgan fingerprint density at radius 2 is 1.67 bits per heavy atom. The van der Waals surface area contributed by atoms with Gasteiger partial charge in [0.2, 0.25) is 10.0 Å². The van der Waals surface area contributed by atoms with Gasteiger partial charge in [0.05, 0.1) is 17.4 Å². The van der Waals surface area contributed by atoms with Crippen LogP contribution in [0.3, 0.4) is 0 Å². The van der Waals surface area contributed by atoms with Gasteiger partial charge in [0.25, 0.3) is 0 Å². The number of hydrogen-bond donors (Lipinski definition) is 0. The topological polar surface area (TPSA) is 61.2 Å². The van der Waals surface area contributed by atoms with Crippen LogP contribution in [0.15, 0.2) is 24.3 Å². The van der Waals surface area contributed by atoms with Crippen molar-refractivity contribution in [2.24, 2.45) is 0 Å². The monoisotopic (exact) mass is 308 g/mol. The second kappa shape index (κ2) is 8.81. The molecule has 1 rings (SSSR count). The molecule has 0 saturated heterocycles. The number of rotatable bonds is 9. The molecule has 0 atom stereocenters. The predicted molar refractivity (Wildman–Crippen MR) is 85.2 cm³/mol. The van der Waals surface area contributed by atoms with E-state index in [1.807, 2.05) is 0 Å². The Hall–Kier alpha value is -1.38. The first kappa shape index (κ1) is 17.7. The maximum absolute atomic E-state index is 12.6. The van der Waals surface area contributed by atoms with Crippen molar-refractivity contribution in [1.82, 2.24) is 4.31 Å². The van der Waals surface area contributed by atoms with E-state index >= 15 is 0 Å². The van der Waals surface area contributed by atoms with Crippen LogP contribution < -0.4 is 0 Å². The molecule has 1 aromatic rings. The molecule has 0 aliphatic rings. The fourth-order valence-electron chi connectivity index (χ4n) is 2.10. The van der Waals surface area contributed by atoms with Crippen LogP contribution in [0.5, 0.6) is 0 Å². The number of nitrogens with zero attached hydrogens (tertiary/aromatic N) is 2. The highest BCUT2D eigenvalue weighted by Gasteiger charge is 2.22. The van der Waals surface area contributed by atoms with Crippen LogP contribution in [-0.4, -0.2) is 25.8 Å². The van der Waals surface area contributed by atoms with Crippen molar-refractivity contribution in [3.05, 3.63) is 35.4 Å². The summed E-state index contributed by atoms with van der Waals surface area (Å²) >= 11 is 0. The van der Waals surface area contributed by atoms with E-state index in [1.165, 1.54) is 0 Å². The molecule has 1 aromatic carbocycles. The van der Waals surface area contributed by atoms with E-state index in [-0.39, 0.29) is 5.75 Å². The minimum Gasteiger partial charge on any atom is -0.212 e. The summed E-state index contributed by atoms with van der Waals surface area (Å²) in [5, 5.41) is 9.08. The van der Waals surface area contributed by atoms with Crippen molar-refractivity contribution < 1.29 is 8.42 Å². The highest BCUT2D eigenvalue weighted by Crippen LogP contribution is 2.16. The van der Waals surface area contributed by atoms with Crippen molar-refractivity contribution >= 4 is 10.0 Å². The van der Waals surface area contributed by atoms with E-state index < -0.39 is 10.0 Å². The summed E-state index contributed by atoms with van der Waals surface area (Å²) in [7, 11) is -3.37. The van der Waals surface area contributed by atoms with Crippen LogP contribution in [0.25, 0.3) is 0 Å². The quantitative estimate of drug-likeness (QED) is 0.703. The van der Waals surface area contributed by atoms with Crippen LogP contribution >= 0.6 is 0 Å². The molecule has 0 aromatic heterocycles. The van der Waals surface area contributed by atoms with Gasteiger partial charge in [-0.25, -0.2) is 12.7 Å². The van der Waals surface area contributed by atoms with E-state index in [1.54, 1.807) is 28.6 Å². The maximum Gasteiger partial charge on any atom is 0.218 e. The summed E-state index contributed by atoms with van der Waals surface area (Å²) in [6.07, 6.45) is 3.66. The molecule has 5 heteroatoms. The smallest absolute Gasteiger partial charge is 0.212 e. The van der Waals surface area contributed by atoms with Gasteiger partial charge in [-0.2, -0.15) is 5.26 Å². The van der Waals surface area contributed by atoms with Gasteiger partial charge >= 0.3 is 0 Å². The molecule has 0 fully saturated rings. The fraction of sp³-hybridized carbons (Fsp3) is 0.562. The zero-order valence-electron chi connectivity index (χ0n) is 12.9. The summed E-state index contributed by atoms with van der Waals surface area (Å²) in [5.74, 6) is -0.0931. The molecule has 0 aliphatic heterocycles. The average molecular weight is 308 g/mol. The highest BCUT2D eigenvalue weighted by atomic mass is 32.2. The van der Waals surface area contributed by atoms with Crippen molar-refractivity contribution in [2.45, 2.75) is 45.3 Å². The van der Waals surface area contributed by atoms with Gasteiger partial charge in [-0.05, 0) is 24.5 Å². The number of hydrogen-bond acceptors (Lipinski definition) is 3. The van der Waals surface area contributed by atoms with E-state index in [9.17, 15) is 8.42 Å². The minimum atomic E-state index is -3.37. The lowest BCUT2D eigenvalue weighted by Crippen LogP contribution is -2.34. The maximum atomic E-state index is 12.6. The third-order valence-corrected chi connectivity index (χ3v) is 5.22. The SMILES string of the molecule is CCCCN(CCCC)S(=O)(=O)Cc1ccccc1C#N. The normalized spacial score (nSPS) is 11.5. The van der Waals surface area contributed by atoms with Crippen molar-refractivity contribution in [2.75, 3.05) is 13.1 Å². The summed E-state index contributed by atoms with van der Waals surface area (Å²) in [6, 6.07) is 8.96. The first-order valence-electron chi connectivity index (χ1n) is 7.51. The average Bonchev–Trinajstić information content (AvgIpc) is 2.47. The molecule has 4 nitrogen and oxygen atoms in total. The van der Waals surface area contributed by atoms with Crippen LogP contribution in [0, 0.1) is 11.3 Å². The van der Waals surface area contributed by atoms with E-state index in [0.717, 1.165) is 25.7 Å². The highest BCUT2D eigenvalue weighted by molar-refractivity contribution is 7.88. The number of nitriles is 1. The first-order chi connectivity index (χ1) is 10.0. The molecule has 0 unspecified atom stereocenters. The minimum absolute atomic E-state index is 0.0931. The molecular weight excluding hydrogens is 284 g/mol. The van der Waals surface area contributed by atoms with E-state index in [0.29, 0.717) is 24.2 Å². The molecule has 0 spiro atoms. The Morgan fingerprint density at radius 1 is 1.10 bits per heavy atom. The van der Waals surface area contributed by atoms with Crippen LogP contribution in [0.1, 0.15) is 50.7 Å². The lowest BCUT2D eigenvalue weighted by Gasteiger charge is -2.22. The van der Waals surface area contributed by atoms with Gasteiger partial charge < -0.3 is 0 Å². The third kappa shape index (κ3) is 5.49. The zero-order chi connectivity index (χ0) is 15.7. The predicted octanol–water partition coefficient (Wildman–Crippen LogP) is 3.29. The van der Waals surface area contributed by atoms with Crippen molar-refractivity contribution in [1.29, 1.82) is 5.26 Å². The van der Waals surface area contributed by atoms with Gasteiger partial charge in [0.1, 0.15) is 0 Å². The van der Waals surface area contributed by atoms with Gasteiger partial charge in [-0.3, -0.25) is 0 Å². The summed E-state index contributed by atoms with van der Waals surface area (Å²) < 4.78 is 26.8. The number of unbranched alkanes of at least 4 members (excludes halogenated alkanes) is 2. The van der Waals surface area contributed by atoms with Crippen LogP contribution in [0.2, 0.25) is 0 Å². The van der Waals surface area contributed by atoms with E-state index in [4.69, 9.17) is 5.26 Å². The molecule has 0 saturated carbocycles. The van der Waals surface area contributed by atoms with Crippen LogP contribution in [-0.2, 0) is 15.8 Å². The lowest BCUT2D eigenvalue weighted by atomic mass is 10.1. The Balaban J connectivity index is 2.92. The molecule has 0 amide bonds. The number of sulfonamides is 1. The van der Waals surface area contributed by atoms with Gasteiger partial charge in [-0.15, -0.1) is 0 Å². The van der Waals surface area contributed by atoms with E-state index in [2.05, 4.69) is 19.9 Å². The lowest BCUT2D eigenvalue weighted by molar-refractivity contribution is 0.394. The second-order valence-electron chi connectivity index (χ2n) is 5.13. The molecule has 21 heavy (non-hydrogen) atoms. The molecular formula is C16H24N2O2S. The fourth-order valence-corrected chi connectivity index (χ4v) is 3.74. The van der Waals surface area contributed by atoms with Crippen molar-refractivity contribution in [3.8, 4) is 6.07 Å². The number of benzene rings is 1. The second-order valence-corrected chi connectivity index (χ2v) is 7.10. The molecule has 116 valence electrons. The Kier molecular flexibility index (Phi) is 7.41. The zero-order valence-corrected chi connectivity index (χ0v) is 13.7. The third-order valence-electron chi connectivity index (χ3n) is 3.39. The Labute approximate surface area is 128 Å². The van der Waals surface area contributed by atoms with Gasteiger partial charge in [-0.1, -0.05) is 44.9 Å². The molecule has 0 aliphatic carbocycles. The standard InChI is InChI=1S/C16H24N2O2S/c1-3-5-11-18(12-6-4-2)21(19,20)14-16-10-8-7-9-15(16)13-17/h7-10H,3-6,11-12,14H2,1-2H3. The summed E-state index contributed by atoms with van der Waals surface area (Å²) in [6.45, 7) is 5.23. The molecule has 0 bridgehead atoms. The summed E-state index contributed by atoms with van der Waals surface area (Å²) in [4.78, 5) is 0. The molecule has 0 heterocycles. The Morgan fingerprint density at radius 3 is 2.19 bits per heavy atom. The van der Waals surface area contributed by atoms with Crippen molar-refractivity contribution in [3.63, 3.8) is 0 Å². The molecule has 0 N–H and O–H groups in total. The van der Waals surface area contributed by atoms with Crippen LogP contribution in [0.4, 0.5) is 0 Å². The molecule has 0 radical (unpaired) electrons. The van der Waals surface area contributed by atoms with Gasteiger partial charge in [0, 0.05) is 13.1 Å². The summed E-state index contributed by atoms with van der Waals surface area (Å²) in [5.41, 5.74) is 1.02. The van der Waals surface area contributed by atoms with Gasteiger partial charge in [0.15, 0.2) is 0 Å². The first-order valence-corrected chi connectivity index (χ1v) is 9.11. The Bertz CT molecular complexity index is 568. The largest absolute Gasteiger partial charge is 0.218 e.